The molecule has 0 N–H and O–H groups in total. The van der Waals surface area contributed by atoms with Crippen molar-refractivity contribution in [3.05, 3.63) is 181 Å². The van der Waals surface area contributed by atoms with E-state index < -0.39 is 15.6 Å². The van der Waals surface area contributed by atoms with E-state index in [9.17, 15) is 12.8 Å². The van der Waals surface area contributed by atoms with E-state index in [4.69, 9.17) is 10.1 Å². The smallest absolute Gasteiger partial charge is 0.252 e. The second-order valence-electron chi connectivity index (χ2n) is 13.7. The molecular weight excluding hydrogens is 726 g/mol. The van der Waals surface area contributed by atoms with Gasteiger partial charge in [0.25, 0.3) is 10.0 Å². The summed E-state index contributed by atoms with van der Waals surface area (Å²) in [6.07, 6.45) is 6.38. The number of benzene rings is 5. The van der Waals surface area contributed by atoms with Gasteiger partial charge < -0.3 is 0 Å². The molecule has 0 radical (unpaired) electrons. The first-order chi connectivity index (χ1) is 26.9. The summed E-state index contributed by atoms with van der Waals surface area (Å²) in [5, 5.41) is 6.20. The molecular formula is C45H36FN5O2S2. The van der Waals surface area contributed by atoms with Crippen LogP contribution in [-0.4, -0.2) is 45.6 Å². The van der Waals surface area contributed by atoms with Crippen molar-refractivity contribution < 1.29 is 12.8 Å². The SMILES string of the molecule is O=S(=O)(c1ccc(-c2ncnc3ccc(-c4cn(C(c5ccccc5)(c5ccccc5)c5ccccc5)nc4-c4ccc(F)cc4)cc23)s1)N1CCCCC1. The van der Waals surface area contributed by atoms with Gasteiger partial charge in [-0.1, -0.05) is 103 Å². The number of aromatic nitrogens is 4. The summed E-state index contributed by atoms with van der Waals surface area (Å²) < 4.78 is 45.5. The Morgan fingerprint density at radius 3 is 1.85 bits per heavy atom. The highest BCUT2D eigenvalue weighted by molar-refractivity contribution is 7.91. The third-order valence-corrected chi connectivity index (χ3v) is 13.9. The molecule has 55 heavy (non-hydrogen) atoms. The summed E-state index contributed by atoms with van der Waals surface area (Å²) in [5.41, 5.74) is 6.69. The molecule has 1 aliphatic rings. The van der Waals surface area contributed by atoms with E-state index in [2.05, 4.69) is 47.6 Å². The zero-order valence-corrected chi connectivity index (χ0v) is 31.4. The minimum atomic E-state index is -3.60. The van der Waals surface area contributed by atoms with Gasteiger partial charge in [0.2, 0.25) is 0 Å². The first kappa shape index (κ1) is 34.9. The second-order valence-corrected chi connectivity index (χ2v) is 16.9. The average molecular weight is 762 g/mol. The van der Waals surface area contributed by atoms with Gasteiger partial charge >= 0.3 is 0 Å². The third kappa shape index (κ3) is 6.26. The fraction of sp³-hybridized carbons (Fsp3) is 0.133. The van der Waals surface area contributed by atoms with E-state index in [1.807, 2.05) is 83.5 Å². The van der Waals surface area contributed by atoms with Gasteiger partial charge in [0.05, 0.1) is 16.1 Å². The maximum atomic E-state index is 14.4. The van der Waals surface area contributed by atoms with E-state index in [0.29, 0.717) is 28.7 Å². The molecule has 3 aromatic heterocycles. The summed E-state index contributed by atoms with van der Waals surface area (Å²) in [7, 11) is -3.60. The summed E-state index contributed by atoms with van der Waals surface area (Å²) >= 11 is 1.23. The molecule has 1 saturated heterocycles. The number of thiophene rings is 1. The molecule has 1 fully saturated rings. The van der Waals surface area contributed by atoms with Gasteiger partial charge in [0.15, 0.2) is 0 Å². The van der Waals surface area contributed by atoms with Crippen molar-refractivity contribution >= 4 is 32.3 Å². The zero-order chi connectivity index (χ0) is 37.4. The topological polar surface area (TPSA) is 81.0 Å². The normalized spacial score (nSPS) is 14.0. The largest absolute Gasteiger partial charge is 0.252 e. The second kappa shape index (κ2) is 14.4. The van der Waals surface area contributed by atoms with Crippen LogP contribution in [0, 0.1) is 5.82 Å². The van der Waals surface area contributed by atoms with Crippen LogP contribution in [0.1, 0.15) is 36.0 Å². The molecule has 0 spiro atoms. The Hall–Kier alpha value is -5.81. The molecule has 8 aromatic rings. The summed E-state index contributed by atoms with van der Waals surface area (Å²) in [6.45, 7) is 1.08. The first-order valence-corrected chi connectivity index (χ1v) is 20.6. The van der Waals surface area contributed by atoms with E-state index in [1.54, 1.807) is 22.5 Å². The van der Waals surface area contributed by atoms with E-state index >= 15 is 0 Å². The first-order valence-electron chi connectivity index (χ1n) is 18.3. The molecule has 5 aromatic carbocycles. The van der Waals surface area contributed by atoms with Crippen LogP contribution in [0.2, 0.25) is 0 Å². The highest BCUT2D eigenvalue weighted by Gasteiger charge is 2.40. The minimum Gasteiger partial charge on any atom is -0.252 e. The van der Waals surface area contributed by atoms with Crippen molar-refractivity contribution in [2.45, 2.75) is 29.0 Å². The van der Waals surface area contributed by atoms with Crippen LogP contribution in [0.25, 0.3) is 43.9 Å². The molecule has 0 amide bonds. The predicted octanol–water partition coefficient (Wildman–Crippen LogP) is 10.0. The van der Waals surface area contributed by atoms with Crippen molar-refractivity contribution in [2.75, 3.05) is 13.1 Å². The lowest BCUT2D eigenvalue weighted by molar-refractivity contribution is 0.347. The number of rotatable bonds is 9. The van der Waals surface area contributed by atoms with Crippen molar-refractivity contribution in [3.8, 4) is 33.0 Å². The van der Waals surface area contributed by atoms with Crippen LogP contribution in [0.15, 0.2) is 162 Å². The molecule has 10 heteroatoms. The Kier molecular flexibility index (Phi) is 9.17. The van der Waals surface area contributed by atoms with Crippen LogP contribution in [0.3, 0.4) is 0 Å². The number of fused-ring (bicyclic) bond motifs is 1. The number of hydrogen-bond donors (Lipinski definition) is 0. The molecule has 0 unspecified atom stereocenters. The molecule has 272 valence electrons. The van der Waals surface area contributed by atoms with Crippen LogP contribution < -0.4 is 0 Å². The van der Waals surface area contributed by atoms with Crippen LogP contribution >= 0.6 is 11.3 Å². The van der Waals surface area contributed by atoms with Gasteiger partial charge in [-0.25, -0.2) is 22.8 Å². The maximum Gasteiger partial charge on any atom is 0.252 e. The molecule has 0 bridgehead atoms. The fourth-order valence-corrected chi connectivity index (χ4v) is 10.7. The Balaban J connectivity index is 1.25. The molecule has 0 atom stereocenters. The molecule has 1 aliphatic heterocycles. The Labute approximate surface area is 323 Å². The lowest BCUT2D eigenvalue weighted by Gasteiger charge is -2.36. The number of hydrogen-bond acceptors (Lipinski definition) is 6. The van der Waals surface area contributed by atoms with Crippen molar-refractivity contribution in [1.29, 1.82) is 0 Å². The molecule has 0 saturated carbocycles. The van der Waals surface area contributed by atoms with Gasteiger partial charge in [0.1, 0.15) is 27.6 Å². The van der Waals surface area contributed by atoms with E-state index in [1.165, 1.54) is 29.8 Å². The zero-order valence-electron chi connectivity index (χ0n) is 29.8. The Morgan fingerprint density at radius 1 is 0.636 bits per heavy atom. The standard InChI is InChI=1S/C45H36FN5O2S2/c46-37-22-19-32(20-23-37)43-39(30-51(49-43)45(34-13-5-1-6-14-34,35-15-7-2-8-16-35)36-17-9-3-10-18-36)33-21-24-40-38(29-33)44(48-31-47-40)41-25-26-42(54-41)55(52,53)50-27-11-4-12-28-50/h1-3,5-10,13-26,29-31H,4,11-12,27-28H2. The monoisotopic (exact) mass is 761 g/mol. The molecule has 9 rings (SSSR count). The van der Waals surface area contributed by atoms with Crippen molar-refractivity contribution in [2.24, 2.45) is 0 Å². The average Bonchev–Trinajstić information content (AvgIpc) is 3.93. The summed E-state index contributed by atoms with van der Waals surface area (Å²) in [6, 6.07) is 47.0. The highest BCUT2D eigenvalue weighted by Crippen LogP contribution is 2.44. The van der Waals surface area contributed by atoms with Crippen molar-refractivity contribution in [1.82, 2.24) is 24.1 Å². The highest BCUT2D eigenvalue weighted by atomic mass is 32.2. The maximum absolute atomic E-state index is 14.4. The van der Waals surface area contributed by atoms with Gasteiger partial charge in [-0.15, -0.1) is 11.3 Å². The number of halogens is 1. The fourth-order valence-electron chi connectivity index (χ4n) is 7.75. The van der Waals surface area contributed by atoms with Gasteiger partial charge in [0, 0.05) is 35.8 Å². The third-order valence-electron chi connectivity index (χ3n) is 10.4. The Bertz CT molecular complexity index is 2620. The van der Waals surface area contributed by atoms with Gasteiger partial charge in [-0.2, -0.15) is 9.40 Å². The molecule has 7 nitrogen and oxygen atoms in total. The van der Waals surface area contributed by atoms with E-state index in [0.717, 1.165) is 68.4 Å². The minimum absolute atomic E-state index is 0.311. The predicted molar refractivity (Wildman–Crippen MR) is 217 cm³/mol. The van der Waals surface area contributed by atoms with Crippen LogP contribution in [0.4, 0.5) is 4.39 Å². The molecule has 4 heterocycles. The number of nitrogens with zero attached hydrogens (tertiary/aromatic N) is 5. The lowest BCUT2D eigenvalue weighted by atomic mass is 9.77. The van der Waals surface area contributed by atoms with Gasteiger partial charge in [-0.05, 0) is 83.6 Å². The summed E-state index contributed by atoms with van der Waals surface area (Å²) in [5.74, 6) is -0.331. The molecule has 0 aliphatic carbocycles. The quantitative estimate of drug-likeness (QED) is 0.137. The van der Waals surface area contributed by atoms with Gasteiger partial charge in [-0.3, -0.25) is 4.68 Å². The Morgan fingerprint density at radius 2 is 1.24 bits per heavy atom. The number of piperidine rings is 1. The van der Waals surface area contributed by atoms with Crippen LogP contribution in [-0.2, 0) is 15.6 Å². The van der Waals surface area contributed by atoms with Crippen molar-refractivity contribution in [3.63, 3.8) is 0 Å². The summed E-state index contributed by atoms with van der Waals surface area (Å²) in [4.78, 5) is 10.0. The number of sulfonamides is 1. The lowest BCUT2D eigenvalue weighted by Crippen LogP contribution is -2.38. The van der Waals surface area contributed by atoms with Crippen LogP contribution in [0.5, 0.6) is 0 Å². The van der Waals surface area contributed by atoms with E-state index in [-0.39, 0.29) is 5.82 Å².